The Hall–Kier alpha value is -2.34. The van der Waals surface area contributed by atoms with E-state index in [1.807, 2.05) is 18.0 Å². The van der Waals surface area contributed by atoms with E-state index in [1.165, 1.54) is 5.56 Å². The molecule has 1 aliphatic heterocycles. The Balaban J connectivity index is 2.30. The van der Waals surface area contributed by atoms with Crippen molar-refractivity contribution in [3.05, 3.63) is 41.0 Å². The average molecular weight is 249 g/mol. The zero-order chi connectivity index (χ0) is 13.4. The van der Waals surface area contributed by atoms with Crippen LogP contribution in [0, 0.1) is 11.3 Å². The maximum Gasteiger partial charge on any atom is 0.136 e. The highest BCUT2D eigenvalue weighted by molar-refractivity contribution is 5.88. The van der Waals surface area contributed by atoms with Crippen LogP contribution >= 0.6 is 0 Å². The van der Waals surface area contributed by atoms with E-state index < -0.39 is 0 Å². The first kappa shape index (κ1) is 11.7. The monoisotopic (exact) mass is 249 g/mol. The van der Waals surface area contributed by atoms with Crippen LogP contribution in [0.4, 0.5) is 5.82 Å². The van der Waals surface area contributed by atoms with Gasteiger partial charge in [-0.1, -0.05) is 25.1 Å². The Kier molecular flexibility index (Phi) is 2.72. The van der Waals surface area contributed by atoms with Crippen molar-refractivity contribution in [1.29, 1.82) is 5.26 Å². The lowest BCUT2D eigenvalue weighted by Gasteiger charge is -2.24. The summed E-state index contributed by atoms with van der Waals surface area (Å²) < 4.78 is 0. The summed E-state index contributed by atoms with van der Waals surface area (Å²) in [4.78, 5) is 6.85. The van der Waals surface area contributed by atoms with Gasteiger partial charge < -0.3 is 4.90 Å². The van der Waals surface area contributed by atoms with Gasteiger partial charge in [0.1, 0.15) is 5.82 Å². The largest absolute Gasteiger partial charge is 0.354 e. The topological polar surface area (TPSA) is 39.9 Å². The van der Waals surface area contributed by atoms with Gasteiger partial charge in [0.25, 0.3) is 0 Å². The highest BCUT2D eigenvalue weighted by Crippen LogP contribution is 2.30. The molecule has 0 spiro atoms. The summed E-state index contributed by atoms with van der Waals surface area (Å²) in [7, 11) is 1.98. The fourth-order valence-electron chi connectivity index (χ4n) is 2.60. The van der Waals surface area contributed by atoms with Crippen molar-refractivity contribution >= 4 is 22.8 Å². The van der Waals surface area contributed by atoms with Crippen LogP contribution in [-0.4, -0.2) is 18.6 Å². The van der Waals surface area contributed by atoms with Crippen LogP contribution in [-0.2, 0) is 6.42 Å². The van der Waals surface area contributed by atoms with Crippen molar-refractivity contribution in [1.82, 2.24) is 4.98 Å². The maximum absolute atomic E-state index is 9.06. The molecular formula is C16H15N3. The minimum Gasteiger partial charge on any atom is -0.354 e. The first-order valence-electron chi connectivity index (χ1n) is 6.47. The van der Waals surface area contributed by atoms with Gasteiger partial charge in [0.05, 0.1) is 18.1 Å². The molecule has 0 saturated heterocycles. The quantitative estimate of drug-likeness (QED) is 0.779. The number of hydrogen-bond acceptors (Lipinski definition) is 3. The van der Waals surface area contributed by atoms with Crippen molar-refractivity contribution in [3.8, 4) is 6.07 Å². The molecular weight excluding hydrogens is 234 g/mol. The van der Waals surface area contributed by atoms with Crippen molar-refractivity contribution < 1.29 is 0 Å². The summed E-state index contributed by atoms with van der Waals surface area (Å²) in [5.74, 6) is 0.965. The molecule has 3 rings (SSSR count). The second kappa shape index (κ2) is 4.40. The lowest BCUT2D eigenvalue weighted by atomic mass is 10.0. The Morgan fingerprint density at radius 3 is 3.00 bits per heavy atom. The highest BCUT2D eigenvalue weighted by atomic mass is 15.2. The van der Waals surface area contributed by atoms with Crippen LogP contribution in [0.2, 0.25) is 0 Å². The van der Waals surface area contributed by atoms with E-state index in [4.69, 9.17) is 10.2 Å². The first-order chi connectivity index (χ1) is 9.22. The third-order valence-electron chi connectivity index (χ3n) is 3.56. The van der Waals surface area contributed by atoms with Gasteiger partial charge in [0.2, 0.25) is 0 Å². The van der Waals surface area contributed by atoms with E-state index in [-0.39, 0.29) is 0 Å². The van der Waals surface area contributed by atoms with Gasteiger partial charge in [-0.05, 0) is 24.1 Å². The third kappa shape index (κ3) is 1.86. The first-order valence-corrected chi connectivity index (χ1v) is 6.47. The maximum atomic E-state index is 9.06. The van der Waals surface area contributed by atoms with Crippen molar-refractivity contribution in [2.45, 2.75) is 13.3 Å². The van der Waals surface area contributed by atoms with Gasteiger partial charge in [-0.15, -0.1) is 0 Å². The van der Waals surface area contributed by atoms with E-state index in [2.05, 4.69) is 37.3 Å². The molecule has 1 aromatic heterocycles. The summed E-state index contributed by atoms with van der Waals surface area (Å²) >= 11 is 0. The van der Waals surface area contributed by atoms with E-state index in [0.717, 1.165) is 34.3 Å². The molecule has 3 nitrogen and oxygen atoms in total. The summed E-state index contributed by atoms with van der Waals surface area (Å²) in [5, 5.41) is 10.2. The second-order valence-corrected chi connectivity index (χ2v) is 4.88. The van der Waals surface area contributed by atoms with E-state index in [0.29, 0.717) is 6.54 Å². The molecule has 0 amide bonds. The number of para-hydroxylation sites is 1. The number of fused-ring (bicyclic) bond motifs is 2. The predicted octanol–water partition coefficient (Wildman–Crippen LogP) is 3.15. The smallest absolute Gasteiger partial charge is 0.136 e. The molecule has 1 aliphatic rings. The molecule has 19 heavy (non-hydrogen) atoms. The Bertz CT molecular complexity index is 723. The molecule has 0 atom stereocenters. The number of rotatable bonds is 1. The zero-order valence-corrected chi connectivity index (χ0v) is 11.1. The molecule has 0 radical (unpaired) electrons. The molecule has 0 saturated carbocycles. The fourth-order valence-corrected chi connectivity index (χ4v) is 2.60. The lowest BCUT2D eigenvalue weighted by Crippen LogP contribution is -2.24. The van der Waals surface area contributed by atoms with Crippen LogP contribution in [0.3, 0.4) is 0 Å². The summed E-state index contributed by atoms with van der Waals surface area (Å²) in [6.07, 6.45) is 2.92. The van der Waals surface area contributed by atoms with Crippen molar-refractivity contribution in [2.24, 2.45) is 0 Å². The number of pyridine rings is 1. The Morgan fingerprint density at radius 2 is 2.26 bits per heavy atom. The minimum absolute atomic E-state index is 0.635. The average Bonchev–Trinajstić information content (AvgIpc) is 2.44. The third-order valence-corrected chi connectivity index (χ3v) is 3.56. The SMILES string of the molecule is CCc1cccc2cc3c(nc12)N(C)CC(C#N)=C3. The number of nitrogens with zero attached hydrogens (tertiary/aromatic N) is 3. The van der Waals surface area contributed by atoms with Gasteiger partial charge in [-0.2, -0.15) is 5.26 Å². The van der Waals surface area contributed by atoms with Crippen LogP contribution < -0.4 is 4.90 Å². The highest BCUT2D eigenvalue weighted by Gasteiger charge is 2.17. The molecule has 94 valence electrons. The van der Waals surface area contributed by atoms with Gasteiger partial charge in [0, 0.05) is 23.6 Å². The van der Waals surface area contributed by atoms with E-state index in [1.54, 1.807) is 0 Å². The zero-order valence-electron chi connectivity index (χ0n) is 11.1. The molecule has 0 unspecified atom stereocenters. The summed E-state index contributed by atoms with van der Waals surface area (Å²) in [5.41, 5.74) is 4.15. The molecule has 2 heterocycles. The molecule has 0 fully saturated rings. The number of nitriles is 1. The summed E-state index contributed by atoms with van der Waals surface area (Å²) in [6, 6.07) is 10.6. The standard InChI is InChI=1S/C16H15N3/c1-3-12-5-4-6-13-8-14-7-11(9-17)10-19(2)16(14)18-15(12)13/h4-8H,3,10H2,1-2H3. The molecule has 1 aromatic carbocycles. The van der Waals surface area contributed by atoms with Gasteiger partial charge >= 0.3 is 0 Å². The fraction of sp³-hybridized carbons (Fsp3) is 0.250. The normalized spacial score (nSPS) is 13.9. The van der Waals surface area contributed by atoms with Crippen LogP contribution in [0.15, 0.2) is 29.8 Å². The van der Waals surface area contributed by atoms with E-state index in [9.17, 15) is 0 Å². The Morgan fingerprint density at radius 1 is 1.42 bits per heavy atom. The summed E-state index contributed by atoms with van der Waals surface area (Å²) in [6.45, 7) is 2.78. The Labute approximate surface area is 112 Å². The molecule has 0 N–H and O–H groups in total. The molecule has 2 aromatic rings. The lowest BCUT2D eigenvalue weighted by molar-refractivity contribution is 0.962. The van der Waals surface area contributed by atoms with Gasteiger partial charge in [-0.3, -0.25) is 0 Å². The number of benzene rings is 1. The molecule has 0 bridgehead atoms. The van der Waals surface area contributed by atoms with Crippen LogP contribution in [0.5, 0.6) is 0 Å². The number of aryl methyl sites for hydroxylation is 1. The second-order valence-electron chi connectivity index (χ2n) is 4.88. The molecule has 0 aliphatic carbocycles. The predicted molar refractivity (Wildman–Crippen MR) is 78.0 cm³/mol. The van der Waals surface area contributed by atoms with E-state index >= 15 is 0 Å². The number of aromatic nitrogens is 1. The number of hydrogen-bond donors (Lipinski definition) is 0. The minimum atomic E-state index is 0.635. The van der Waals surface area contributed by atoms with Crippen LogP contribution in [0.1, 0.15) is 18.1 Å². The van der Waals surface area contributed by atoms with Crippen molar-refractivity contribution in [3.63, 3.8) is 0 Å². The number of likely N-dealkylation sites (N-methyl/N-ethyl adjacent to an activating group) is 1. The van der Waals surface area contributed by atoms with Gasteiger partial charge in [0.15, 0.2) is 0 Å². The number of anilines is 1. The van der Waals surface area contributed by atoms with Gasteiger partial charge in [-0.25, -0.2) is 4.98 Å². The van der Waals surface area contributed by atoms with Crippen molar-refractivity contribution in [2.75, 3.05) is 18.5 Å². The van der Waals surface area contributed by atoms with Crippen LogP contribution in [0.25, 0.3) is 17.0 Å². The molecule has 3 heteroatoms.